The van der Waals surface area contributed by atoms with Crippen LogP contribution in [0.1, 0.15) is 17.5 Å². The molecule has 0 bridgehead atoms. The normalized spacial score (nSPS) is 14.2. The second-order valence-corrected chi connectivity index (χ2v) is 4.44. The Morgan fingerprint density at radius 1 is 1.53 bits per heavy atom. The quantitative estimate of drug-likeness (QED) is 0.898. The summed E-state index contributed by atoms with van der Waals surface area (Å²) in [6, 6.07) is 3.74. The Balaban J connectivity index is 2.36. The number of fused-ring (bicyclic) bond motifs is 1. The molecule has 80 valence electrons. The molecule has 15 heavy (non-hydrogen) atoms. The molecule has 0 unspecified atom stereocenters. The van der Waals surface area contributed by atoms with Gasteiger partial charge in [0.05, 0.1) is 17.5 Å². The first-order chi connectivity index (χ1) is 7.16. The maximum atomic E-state index is 10.6. The minimum atomic E-state index is -0.807. The lowest BCUT2D eigenvalue weighted by molar-refractivity contribution is -0.136. The molecule has 0 radical (unpaired) electrons. The second kappa shape index (κ2) is 4.23. The number of aliphatic carboxylic acids is 1. The van der Waals surface area contributed by atoms with Crippen LogP contribution in [0.25, 0.3) is 0 Å². The summed E-state index contributed by atoms with van der Waals surface area (Å²) in [6.07, 6.45) is 2.02. The van der Waals surface area contributed by atoms with Crippen molar-refractivity contribution < 1.29 is 14.6 Å². The van der Waals surface area contributed by atoms with Crippen LogP contribution in [0.2, 0.25) is 0 Å². The highest BCUT2D eigenvalue weighted by Crippen LogP contribution is 2.34. The molecule has 0 aliphatic carbocycles. The molecular formula is C11H11BrO3. The van der Waals surface area contributed by atoms with Crippen molar-refractivity contribution in [3.8, 4) is 5.75 Å². The van der Waals surface area contributed by atoms with Gasteiger partial charge in [-0.1, -0.05) is 6.07 Å². The van der Waals surface area contributed by atoms with Crippen molar-refractivity contribution in [1.82, 2.24) is 0 Å². The average molecular weight is 271 g/mol. The van der Waals surface area contributed by atoms with Crippen molar-refractivity contribution in [1.29, 1.82) is 0 Å². The van der Waals surface area contributed by atoms with Gasteiger partial charge in [0, 0.05) is 0 Å². The zero-order valence-electron chi connectivity index (χ0n) is 8.12. The molecule has 1 aliphatic heterocycles. The van der Waals surface area contributed by atoms with Crippen molar-refractivity contribution in [3.05, 3.63) is 27.7 Å². The lowest BCUT2D eigenvalue weighted by Gasteiger charge is -2.19. The molecular weight excluding hydrogens is 260 g/mol. The Morgan fingerprint density at radius 2 is 2.33 bits per heavy atom. The van der Waals surface area contributed by atoms with Gasteiger partial charge in [-0.3, -0.25) is 4.79 Å². The van der Waals surface area contributed by atoms with Crippen molar-refractivity contribution in [2.24, 2.45) is 0 Å². The largest absolute Gasteiger partial charge is 0.492 e. The molecule has 4 heteroatoms. The van der Waals surface area contributed by atoms with E-state index >= 15 is 0 Å². The topological polar surface area (TPSA) is 46.5 Å². The van der Waals surface area contributed by atoms with E-state index in [1.54, 1.807) is 0 Å². The average Bonchev–Trinajstić information content (AvgIpc) is 2.16. The van der Waals surface area contributed by atoms with E-state index < -0.39 is 5.97 Å². The number of rotatable bonds is 2. The Hall–Kier alpha value is -1.03. The van der Waals surface area contributed by atoms with Gasteiger partial charge in [0.2, 0.25) is 0 Å². The van der Waals surface area contributed by atoms with E-state index in [0.29, 0.717) is 0 Å². The van der Waals surface area contributed by atoms with Gasteiger partial charge in [-0.15, -0.1) is 0 Å². The SMILES string of the molecule is O=C(O)Cc1cc(Br)c2c(c1)CCCO2. The molecule has 2 rings (SSSR count). The third-order valence-electron chi connectivity index (χ3n) is 2.37. The maximum Gasteiger partial charge on any atom is 0.307 e. The molecule has 1 heterocycles. The summed E-state index contributed by atoms with van der Waals surface area (Å²) < 4.78 is 6.38. The molecule has 1 aliphatic rings. The first kappa shape index (κ1) is 10.5. The summed E-state index contributed by atoms with van der Waals surface area (Å²) >= 11 is 3.40. The Morgan fingerprint density at radius 3 is 3.07 bits per heavy atom. The van der Waals surface area contributed by atoms with Gasteiger partial charge in [0.25, 0.3) is 0 Å². The third-order valence-corrected chi connectivity index (χ3v) is 2.96. The Bertz CT molecular complexity index is 401. The fraction of sp³-hybridized carbons (Fsp3) is 0.364. The molecule has 3 nitrogen and oxygen atoms in total. The maximum absolute atomic E-state index is 10.6. The number of carboxylic acids is 1. The first-order valence-electron chi connectivity index (χ1n) is 4.82. The summed E-state index contributed by atoms with van der Waals surface area (Å²) in [4.78, 5) is 10.6. The predicted octanol–water partition coefficient (Wildman–Crippen LogP) is 2.40. The molecule has 0 saturated carbocycles. The van der Waals surface area contributed by atoms with Crippen molar-refractivity contribution in [2.75, 3.05) is 6.61 Å². The molecule has 1 aromatic carbocycles. The van der Waals surface area contributed by atoms with E-state index in [4.69, 9.17) is 9.84 Å². The zero-order valence-corrected chi connectivity index (χ0v) is 9.71. The fourth-order valence-electron chi connectivity index (χ4n) is 1.77. The van der Waals surface area contributed by atoms with Gasteiger partial charge < -0.3 is 9.84 Å². The minimum Gasteiger partial charge on any atom is -0.492 e. The fourth-order valence-corrected chi connectivity index (χ4v) is 2.44. The van der Waals surface area contributed by atoms with E-state index in [-0.39, 0.29) is 6.42 Å². The molecule has 1 aromatic rings. The van der Waals surface area contributed by atoms with Crippen LogP contribution in [0, 0.1) is 0 Å². The highest BCUT2D eigenvalue weighted by atomic mass is 79.9. The summed E-state index contributed by atoms with van der Waals surface area (Å²) in [5.41, 5.74) is 1.92. The van der Waals surface area contributed by atoms with Gasteiger partial charge in [-0.2, -0.15) is 0 Å². The molecule has 0 fully saturated rings. The second-order valence-electron chi connectivity index (χ2n) is 3.59. The predicted molar refractivity (Wildman–Crippen MR) is 59.3 cm³/mol. The molecule has 0 amide bonds. The summed E-state index contributed by atoms with van der Waals surface area (Å²) in [6.45, 7) is 0.740. The number of benzene rings is 1. The summed E-state index contributed by atoms with van der Waals surface area (Å²) in [5, 5.41) is 8.72. The molecule has 0 atom stereocenters. The number of ether oxygens (including phenoxy) is 1. The van der Waals surface area contributed by atoms with E-state index in [1.165, 1.54) is 0 Å². The van der Waals surface area contributed by atoms with Crippen LogP contribution in [-0.2, 0) is 17.6 Å². The molecule has 1 N–H and O–H groups in total. The lowest BCUT2D eigenvalue weighted by Crippen LogP contribution is -2.10. The molecule has 0 saturated heterocycles. The van der Waals surface area contributed by atoms with E-state index in [0.717, 1.165) is 40.8 Å². The van der Waals surface area contributed by atoms with E-state index in [1.807, 2.05) is 12.1 Å². The number of hydrogen-bond acceptors (Lipinski definition) is 2. The smallest absolute Gasteiger partial charge is 0.307 e. The summed E-state index contributed by atoms with van der Waals surface area (Å²) in [5.74, 6) is 0.0639. The Labute approximate surface area is 96.2 Å². The third kappa shape index (κ3) is 2.31. The minimum absolute atomic E-state index is 0.0614. The number of carboxylic acid groups (broad SMARTS) is 1. The van der Waals surface area contributed by atoms with Crippen LogP contribution in [0.4, 0.5) is 0 Å². The van der Waals surface area contributed by atoms with Crippen LogP contribution in [0.15, 0.2) is 16.6 Å². The van der Waals surface area contributed by atoms with E-state index in [9.17, 15) is 4.79 Å². The van der Waals surface area contributed by atoms with Crippen LogP contribution in [0.3, 0.4) is 0 Å². The van der Waals surface area contributed by atoms with Gasteiger partial charge in [0.1, 0.15) is 5.75 Å². The van der Waals surface area contributed by atoms with Crippen molar-refractivity contribution in [3.63, 3.8) is 0 Å². The van der Waals surface area contributed by atoms with Gasteiger partial charge >= 0.3 is 5.97 Å². The number of aryl methyl sites for hydroxylation is 1. The number of halogens is 1. The zero-order chi connectivity index (χ0) is 10.8. The van der Waals surface area contributed by atoms with E-state index in [2.05, 4.69) is 15.9 Å². The standard InChI is InChI=1S/C11H11BrO3/c12-9-5-7(6-10(13)14)4-8-2-1-3-15-11(8)9/h4-5H,1-3,6H2,(H,13,14). The highest BCUT2D eigenvalue weighted by Gasteiger charge is 2.15. The van der Waals surface area contributed by atoms with Gasteiger partial charge in [-0.05, 0) is 46.0 Å². The van der Waals surface area contributed by atoms with Crippen LogP contribution in [0.5, 0.6) is 5.75 Å². The number of hydrogen-bond donors (Lipinski definition) is 1. The van der Waals surface area contributed by atoms with Crippen molar-refractivity contribution >= 4 is 21.9 Å². The Kier molecular flexibility index (Phi) is 2.95. The molecule has 0 spiro atoms. The lowest BCUT2D eigenvalue weighted by atomic mass is 10.0. The molecule has 0 aromatic heterocycles. The van der Waals surface area contributed by atoms with Crippen molar-refractivity contribution in [2.45, 2.75) is 19.3 Å². The number of carbonyl (C=O) groups is 1. The van der Waals surface area contributed by atoms with Gasteiger partial charge in [0.15, 0.2) is 0 Å². The van der Waals surface area contributed by atoms with Crippen LogP contribution >= 0.6 is 15.9 Å². The van der Waals surface area contributed by atoms with Crippen LogP contribution < -0.4 is 4.74 Å². The summed E-state index contributed by atoms with van der Waals surface area (Å²) in [7, 11) is 0. The van der Waals surface area contributed by atoms with Gasteiger partial charge in [-0.25, -0.2) is 0 Å². The first-order valence-corrected chi connectivity index (χ1v) is 5.62. The monoisotopic (exact) mass is 270 g/mol. The van der Waals surface area contributed by atoms with Crippen LogP contribution in [-0.4, -0.2) is 17.7 Å². The highest BCUT2D eigenvalue weighted by molar-refractivity contribution is 9.10.